The molecule has 0 spiro atoms. The number of benzene rings is 3. The molecule has 2 heterocycles. The van der Waals surface area contributed by atoms with Crippen LogP contribution in [0.4, 0.5) is 5.69 Å². The minimum atomic E-state index is -0.289. The highest BCUT2D eigenvalue weighted by Crippen LogP contribution is 2.37. The highest BCUT2D eigenvalue weighted by atomic mass is 16.5. The van der Waals surface area contributed by atoms with Crippen molar-refractivity contribution in [3.8, 4) is 17.2 Å². The smallest absolute Gasteiger partial charge is 0.339 e. The molecule has 0 fully saturated rings. The lowest BCUT2D eigenvalue weighted by atomic mass is 9.99. The fourth-order valence-electron chi connectivity index (χ4n) is 4.01. The van der Waals surface area contributed by atoms with Crippen molar-refractivity contribution in [3.05, 3.63) is 93.3 Å². The van der Waals surface area contributed by atoms with E-state index in [0.717, 1.165) is 45.0 Å². The lowest BCUT2D eigenvalue weighted by molar-refractivity contribution is 0.287. The van der Waals surface area contributed by atoms with Gasteiger partial charge in [-0.05, 0) is 68.8 Å². The summed E-state index contributed by atoms with van der Waals surface area (Å²) < 4.78 is 17.6. The van der Waals surface area contributed by atoms with Gasteiger partial charge in [0.05, 0.1) is 0 Å². The molecule has 4 aromatic rings. The van der Waals surface area contributed by atoms with Crippen molar-refractivity contribution < 1.29 is 13.9 Å². The zero-order valence-corrected chi connectivity index (χ0v) is 17.8. The SMILES string of the molecule is Cc1c(C)c2cc3c(c(C)c2oc1=O)OCN(c1ccc(Oc2ccccc2)cc1)C3. The molecule has 0 radical (unpaired) electrons. The molecule has 5 rings (SSSR count). The zero-order chi connectivity index (χ0) is 21.5. The quantitative estimate of drug-likeness (QED) is 0.393. The van der Waals surface area contributed by atoms with Gasteiger partial charge in [-0.2, -0.15) is 0 Å². The normalized spacial score (nSPS) is 13.1. The van der Waals surface area contributed by atoms with Crippen molar-refractivity contribution in [1.82, 2.24) is 0 Å². The van der Waals surface area contributed by atoms with Gasteiger partial charge in [0, 0.05) is 34.3 Å². The average molecular weight is 413 g/mol. The molecular weight excluding hydrogens is 390 g/mol. The highest BCUT2D eigenvalue weighted by Gasteiger charge is 2.23. The Bertz CT molecular complexity index is 1320. The van der Waals surface area contributed by atoms with E-state index in [1.807, 2.05) is 68.4 Å². The first-order chi connectivity index (χ1) is 15.0. The van der Waals surface area contributed by atoms with Crippen molar-refractivity contribution in [2.24, 2.45) is 0 Å². The zero-order valence-electron chi connectivity index (χ0n) is 17.8. The summed E-state index contributed by atoms with van der Waals surface area (Å²) in [4.78, 5) is 14.3. The molecule has 0 amide bonds. The fourth-order valence-corrected chi connectivity index (χ4v) is 4.01. The number of ether oxygens (including phenoxy) is 2. The van der Waals surface area contributed by atoms with Crippen LogP contribution in [0.15, 0.2) is 69.9 Å². The van der Waals surface area contributed by atoms with E-state index in [0.29, 0.717) is 24.4 Å². The van der Waals surface area contributed by atoms with Gasteiger partial charge >= 0.3 is 5.63 Å². The third-order valence-corrected chi connectivity index (χ3v) is 5.91. The van der Waals surface area contributed by atoms with E-state index in [9.17, 15) is 4.79 Å². The molecule has 5 heteroatoms. The molecule has 0 unspecified atom stereocenters. The molecule has 0 bridgehead atoms. The Balaban J connectivity index is 1.44. The van der Waals surface area contributed by atoms with E-state index in [-0.39, 0.29) is 5.63 Å². The van der Waals surface area contributed by atoms with Gasteiger partial charge < -0.3 is 18.8 Å². The molecule has 1 aliphatic rings. The number of aryl methyl sites for hydroxylation is 2. The maximum Gasteiger partial charge on any atom is 0.339 e. The van der Waals surface area contributed by atoms with Gasteiger partial charge in [-0.3, -0.25) is 0 Å². The van der Waals surface area contributed by atoms with Gasteiger partial charge in [0.2, 0.25) is 0 Å². The standard InChI is InChI=1S/C26H23NO4/c1-16-17(2)26(28)31-25-18(3)24-19(13-23(16)25)14-27(15-29-24)20-9-11-22(12-10-20)30-21-7-5-4-6-8-21/h4-13H,14-15H2,1-3H3. The predicted molar refractivity (Wildman–Crippen MR) is 121 cm³/mol. The first-order valence-electron chi connectivity index (χ1n) is 10.3. The van der Waals surface area contributed by atoms with Crippen LogP contribution in [0.3, 0.4) is 0 Å². The van der Waals surface area contributed by atoms with Gasteiger partial charge in [0.15, 0.2) is 6.73 Å². The number of rotatable bonds is 3. The molecule has 156 valence electrons. The number of hydrogen-bond acceptors (Lipinski definition) is 5. The second-order valence-corrected chi connectivity index (χ2v) is 7.89. The van der Waals surface area contributed by atoms with Crippen LogP contribution >= 0.6 is 0 Å². The van der Waals surface area contributed by atoms with E-state index in [1.165, 1.54) is 0 Å². The third kappa shape index (κ3) is 3.42. The molecule has 0 saturated carbocycles. The number of nitrogens with zero attached hydrogens (tertiary/aromatic N) is 1. The van der Waals surface area contributed by atoms with Crippen LogP contribution in [0.25, 0.3) is 11.0 Å². The lowest BCUT2D eigenvalue weighted by Gasteiger charge is -2.32. The summed E-state index contributed by atoms with van der Waals surface area (Å²) in [5.41, 5.74) is 4.93. The van der Waals surface area contributed by atoms with Crippen molar-refractivity contribution in [2.45, 2.75) is 27.3 Å². The Morgan fingerprint density at radius 2 is 1.58 bits per heavy atom. The summed E-state index contributed by atoms with van der Waals surface area (Å²) in [5.74, 6) is 2.40. The fraction of sp³-hybridized carbons (Fsp3) is 0.192. The number of fused-ring (bicyclic) bond motifs is 2. The largest absolute Gasteiger partial charge is 0.472 e. The Morgan fingerprint density at radius 3 is 2.32 bits per heavy atom. The van der Waals surface area contributed by atoms with E-state index < -0.39 is 0 Å². The van der Waals surface area contributed by atoms with E-state index in [2.05, 4.69) is 11.0 Å². The molecular formula is C26H23NO4. The molecule has 31 heavy (non-hydrogen) atoms. The van der Waals surface area contributed by atoms with Crippen LogP contribution in [-0.4, -0.2) is 6.73 Å². The molecule has 0 saturated heterocycles. The van der Waals surface area contributed by atoms with Gasteiger partial charge in [-0.1, -0.05) is 18.2 Å². The molecule has 0 atom stereocenters. The predicted octanol–water partition coefficient (Wildman–Crippen LogP) is 5.87. The number of hydrogen-bond donors (Lipinski definition) is 0. The van der Waals surface area contributed by atoms with E-state index in [1.54, 1.807) is 6.92 Å². The summed E-state index contributed by atoms with van der Waals surface area (Å²) in [5, 5.41) is 0.963. The molecule has 5 nitrogen and oxygen atoms in total. The third-order valence-electron chi connectivity index (χ3n) is 5.91. The van der Waals surface area contributed by atoms with Crippen LogP contribution < -0.4 is 20.0 Å². The Labute approximate surface area is 180 Å². The van der Waals surface area contributed by atoms with Gasteiger partial charge in [-0.25, -0.2) is 4.79 Å². The van der Waals surface area contributed by atoms with E-state index >= 15 is 0 Å². The Morgan fingerprint density at radius 1 is 0.871 bits per heavy atom. The van der Waals surface area contributed by atoms with Crippen LogP contribution in [0.5, 0.6) is 17.2 Å². The minimum absolute atomic E-state index is 0.289. The maximum absolute atomic E-state index is 12.1. The van der Waals surface area contributed by atoms with Gasteiger partial charge in [0.25, 0.3) is 0 Å². The monoisotopic (exact) mass is 413 g/mol. The van der Waals surface area contributed by atoms with Crippen molar-refractivity contribution >= 4 is 16.7 Å². The maximum atomic E-state index is 12.1. The van der Waals surface area contributed by atoms with Gasteiger partial charge in [0.1, 0.15) is 22.8 Å². The van der Waals surface area contributed by atoms with Crippen molar-refractivity contribution in [3.63, 3.8) is 0 Å². The van der Waals surface area contributed by atoms with Crippen LogP contribution in [-0.2, 0) is 6.54 Å². The van der Waals surface area contributed by atoms with Crippen LogP contribution in [0.2, 0.25) is 0 Å². The lowest BCUT2D eigenvalue weighted by Crippen LogP contribution is -2.32. The van der Waals surface area contributed by atoms with Crippen LogP contribution in [0.1, 0.15) is 22.3 Å². The summed E-state index contributed by atoms with van der Waals surface area (Å²) in [6.45, 7) is 6.85. The minimum Gasteiger partial charge on any atom is -0.472 e. The summed E-state index contributed by atoms with van der Waals surface area (Å²) in [7, 11) is 0. The molecule has 3 aromatic carbocycles. The second-order valence-electron chi connectivity index (χ2n) is 7.89. The van der Waals surface area contributed by atoms with Crippen molar-refractivity contribution in [2.75, 3.05) is 11.6 Å². The molecule has 1 aliphatic heterocycles. The number of para-hydroxylation sites is 1. The Kier molecular flexibility index (Phi) is 4.66. The Hall–Kier alpha value is -3.73. The van der Waals surface area contributed by atoms with E-state index in [4.69, 9.17) is 13.9 Å². The first kappa shape index (κ1) is 19.2. The highest BCUT2D eigenvalue weighted by molar-refractivity contribution is 5.87. The topological polar surface area (TPSA) is 51.9 Å². The van der Waals surface area contributed by atoms with Crippen LogP contribution in [0, 0.1) is 20.8 Å². The molecule has 0 aliphatic carbocycles. The molecule has 0 N–H and O–H groups in total. The average Bonchev–Trinajstić information content (AvgIpc) is 2.79. The second kappa shape index (κ2) is 7.51. The molecule has 1 aromatic heterocycles. The number of anilines is 1. The van der Waals surface area contributed by atoms with Gasteiger partial charge in [-0.15, -0.1) is 0 Å². The first-order valence-corrected chi connectivity index (χ1v) is 10.3. The summed E-state index contributed by atoms with van der Waals surface area (Å²) in [6, 6.07) is 19.8. The summed E-state index contributed by atoms with van der Waals surface area (Å²) >= 11 is 0. The van der Waals surface area contributed by atoms with Crippen molar-refractivity contribution in [1.29, 1.82) is 0 Å². The summed E-state index contributed by atoms with van der Waals surface area (Å²) in [6.07, 6.45) is 0.